The van der Waals surface area contributed by atoms with Gasteiger partial charge in [-0.15, -0.1) is 0 Å². The van der Waals surface area contributed by atoms with E-state index in [-0.39, 0.29) is 16.6 Å². The van der Waals surface area contributed by atoms with E-state index in [1.807, 2.05) is 0 Å². The summed E-state index contributed by atoms with van der Waals surface area (Å²) >= 11 is 3.00. The maximum absolute atomic E-state index is 11.6. The molecular weight excluding hydrogens is 280 g/mol. The van der Waals surface area contributed by atoms with Crippen LogP contribution in [-0.4, -0.2) is 28.6 Å². The molecule has 0 saturated heterocycles. The first-order chi connectivity index (χ1) is 7.49. The summed E-state index contributed by atoms with van der Waals surface area (Å²) in [6.07, 6.45) is 0. The Bertz CT molecular complexity index is 441. The molecule has 0 unspecified atom stereocenters. The van der Waals surface area contributed by atoms with Crippen molar-refractivity contribution in [2.75, 3.05) is 6.61 Å². The Balaban J connectivity index is 3.18. The molecule has 1 aromatic carbocycles. The van der Waals surface area contributed by atoms with E-state index in [1.165, 1.54) is 12.1 Å². The highest BCUT2D eigenvalue weighted by Crippen LogP contribution is 2.34. The first-order valence-corrected chi connectivity index (χ1v) is 5.20. The Hall–Kier alpha value is -1.56. The largest absolute Gasteiger partial charge is 0.504 e. The number of rotatable bonds is 3. The molecule has 2 N–H and O–H groups in total. The van der Waals surface area contributed by atoms with Crippen molar-refractivity contribution in [1.29, 1.82) is 0 Å². The van der Waals surface area contributed by atoms with Crippen LogP contribution < -0.4 is 0 Å². The fourth-order valence-corrected chi connectivity index (χ4v) is 1.57. The molecule has 0 heterocycles. The highest BCUT2D eigenvalue weighted by Gasteiger charge is 2.25. The van der Waals surface area contributed by atoms with E-state index in [0.29, 0.717) is 0 Å². The minimum atomic E-state index is -1.08. The molecule has 0 radical (unpaired) electrons. The van der Waals surface area contributed by atoms with Gasteiger partial charge in [-0.2, -0.15) is 0 Å². The van der Waals surface area contributed by atoms with Crippen molar-refractivity contribution in [2.24, 2.45) is 0 Å². The van der Waals surface area contributed by atoms with Crippen molar-refractivity contribution < 1.29 is 24.5 Å². The molecule has 0 amide bonds. The molecule has 0 aromatic heterocycles. The van der Waals surface area contributed by atoms with Gasteiger partial charge in [0.15, 0.2) is 11.5 Å². The maximum atomic E-state index is 11.6. The average molecular weight is 289 g/mol. The Kier molecular flexibility index (Phi) is 3.89. The third-order valence-corrected chi connectivity index (χ3v) is 2.45. The first kappa shape index (κ1) is 12.5. The van der Waals surface area contributed by atoms with Crippen LogP contribution in [0.1, 0.15) is 17.3 Å². The normalized spacial score (nSPS) is 9.88. The Morgan fingerprint density at radius 1 is 1.38 bits per heavy atom. The molecule has 0 aliphatic carbocycles. The van der Waals surface area contributed by atoms with Crippen molar-refractivity contribution in [3.05, 3.63) is 22.2 Å². The lowest BCUT2D eigenvalue weighted by Crippen LogP contribution is -2.18. The fourth-order valence-electron chi connectivity index (χ4n) is 1.07. The average Bonchev–Trinajstić information content (AvgIpc) is 2.24. The first-order valence-electron chi connectivity index (χ1n) is 4.41. The van der Waals surface area contributed by atoms with Gasteiger partial charge in [-0.25, -0.2) is 4.79 Å². The molecule has 0 atom stereocenters. The number of carbonyl (C=O) groups is 2. The summed E-state index contributed by atoms with van der Waals surface area (Å²) < 4.78 is 4.72. The van der Waals surface area contributed by atoms with Gasteiger partial charge in [-0.05, 0) is 35.0 Å². The predicted molar refractivity (Wildman–Crippen MR) is 58.4 cm³/mol. The molecule has 0 bridgehead atoms. The van der Waals surface area contributed by atoms with Gasteiger partial charge >= 0.3 is 5.97 Å². The van der Waals surface area contributed by atoms with Crippen LogP contribution in [0.4, 0.5) is 0 Å². The van der Waals surface area contributed by atoms with Gasteiger partial charge in [-0.1, -0.05) is 0 Å². The summed E-state index contributed by atoms with van der Waals surface area (Å²) in [6, 6.07) is 2.54. The van der Waals surface area contributed by atoms with Crippen LogP contribution in [0.25, 0.3) is 0 Å². The molecule has 0 spiro atoms. The summed E-state index contributed by atoms with van der Waals surface area (Å²) in [5, 5.41) is 18.7. The smallest absolute Gasteiger partial charge is 0.379 e. The number of Topliss-reactive ketones (excluding diaryl/α,β-unsaturated/α-hetero) is 1. The summed E-state index contributed by atoms with van der Waals surface area (Å²) in [5.74, 6) is -3.21. The number of hydrogen-bond donors (Lipinski definition) is 2. The molecule has 5 nitrogen and oxygen atoms in total. The highest BCUT2D eigenvalue weighted by molar-refractivity contribution is 9.10. The van der Waals surface area contributed by atoms with Gasteiger partial charge in [0.2, 0.25) is 0 Å². The van der Waals surface area contributed by atoms with Crippen LogP contribution in [0.3, 0.4) is 0 Å². The minimum absolute atomic E-state index is 0.0573. The number of aromatic hydroxyl groups is 2. The molecule has 1 aromatic rings. The van der Waals surface area contributed by atoms with E-state index in [9.17, 15) is 19.8 Å². The lowest BCUT2D eigenvalue weighted by atomic mass is 10.1. The number of benzene rings is 1. The number of esters is 1. The van der Waals surface area contributed by atoms with Crippen LogP contribution in [0.5, 0.6) is 11.5 Å². The van der Waals surface area contributed by atoms with Crippen LogP contribution in [0.2, 0.25) is 0 Å². The fraction of sp³-hybridized carbons (Fsp3) is 0.200. The Morgan fingerprint density at radius 2 is 2.00 bits per heavy atom. The lowest BCUT2D eigenvalue weighted by molar-refractivity contribution is -0.137. The summed E-state index contributed by atoms with van der Waals surface area (Å²) in [7, 11) is 0. The van der Waals surface area contributed by atoms with E-state index >= 15 is 0 Å². The number of ketones is 1. The molecule has 0 saturated carbocycles. The maximum Gasteiger partial charge on any atom is 0.379 e. The quantitative estimate of drug-likeness (QED) is 0.382. The Morgan fingerprint density at radius 3 is 2.56 bits per heavy atom. The van der Waals surface area contributed by atoms with Crippen molar-refractivity contribution in [2.45, 2.75) is 6.92 Å². The summed E-state index contributed by atoms with van der Waals surface area (Å²) in [6.45, 7) is 1.62. The highest BCUT2D eigenvalue weighted by atomic mass is 79.9. The molecule has 0 aliphatic heterocycles. The minimum Gasteiger partial charge on any atom is -0.504 e. The van der Waals surface area contributed by atoms with Gasteiger partial charge in [0.1, 0.15) is 0 Å². The summed E-state index contributed by atoms with van der Waals surface area (Å²) in [5.41, 5.74) is -0.307. The zero-order valence-electron chi connectivity index (χ0n) is 8.36. The zero-order chi connectivity index (χ0) is 12.3. The monoisotopic (exact) mass is 288 g/mol. The van der Waals surface area contributed by atoms with Gasteiger partial charge in [0.25, 0.3) is 5.78 Å². The molecule has 0 aliphatic rings. The summed E-state index contributed by atoms with van der Waals surface area (Å²) in [4.78, 5) is 22.7. The Labute approximate surface area is 99.8 Å². The van der Waals surface area contributed by atoms with Crippen LogP contribution in [0, 0.1) is 0 Å². The van der Waals surface area contributed by atoms with Gasteiger partial charge < -0.3 is 14.9 Å². The van der Waals surface area contributed by atoms with Crippen molar-refractivity contribution >= 4 is 27.7 Å². The van der Waals surface area contributed by atoms with Crippen molar-refractivity contribution in [1.82, 2.24) is 0 Å². The standard InChI is InChI=1S/C10H9BrO5/c1-2-16-10(15)9(14)7-5(11)3-4-6(12)8(7)13/h3-4,12-13H,2H2,1H3. The number of phenolic OH excluding ortho intramolecular Hbond substituents is 2. The van der Waals surface area contributed by atoms with Crippen LogP contribution in [-0.2, 0) is 9.53 Å². The zero-order valence-corrected chi connectivity index (χ0v) is 9.94. The molecular formula is C10H9BrO5. The number of hydrogen-bond acceptors (Lipinski definition) is 5. The SMILES string of the molecule is CCOC(=O)C(=O)c1c(Br)ccc(O)c1O. The number of halogens is 1. The molecule has 86 valence electrons. The van der Waals surface area contributed by atoms with Gasteiger partial charge in [0, 0.05) is 4.47 Å². The van der Waals surface area contributed by atoms with Crippen LogP contribution >= 0.6 is 15.9 Å². The third kappa shape index (κ3) is 2.33. The van der Waals surface area contributed by atoms with Crippen molar-refractivity contribution in [3.8, 4) is 11.5 Å². The molecule has 0 fully saturated rings. The van der Waals surface area contributed by atoms with Gasteiger partial charge in [-0.3, -0.25) is 4.79 Å². The topological polar surface area (TPSA) is 83.8 Å². The second kappa shape index (κ2) is 4.98. The number of ether oxygens (including phenoxy) is 1. The van der Waals surface area contributed by atoms with E-state index in [4.69, 9.17) is 0 Å². The number of phenols is 2. The van der Waals surface area contributed by atoms with E-state index in [0.717, 1.165) is 0 Å². The second-order valence-corrected chi connectivity index (χ2v) is 3.69. The van der Waals surface area contributed by atoms with Crippen LogP contribution in [0.15, 0.2) is 16.6 Å². The van der Waals surface area contributed by atoms with Gasteiger partial charge in [0.05, 0.1) is 12.2 Å². The predicted octanol–water partition coefficient (Wildman–Crippen LogP) is 1.61. The van der Waals surface area contributed by atoms with E-state index in [2.05, 4.69) is 20.7 Å². The molecule has 16 heavy (non-hydrogen) atoms. The second-order valence-electron chi connectivity index (χ2n) is 2.84. The molecule has 6 heteroatoms. The van der Waals surface area contributed by atoms with Crippen molar-refractivity contribution in [3.63, 3.8) is 0 Å². The lowest BCUT2D eigenvalue weighted by Gasteiger charge is -2.06. The van der Waals surface area contributed by atoms with E-state index in [1.54, 1.807) is 6.92 Å². The third-order valence-electron chi connectivity index (χ3n) is 1.79. The number of carbonyl (C=O) groups excluding carboxylic acids is 2. The van der Waals surface area contributed by atoms with E-state index < -0.39 is 23.3 Å². The molecule has 1 rings (SSSR count).